The van der Waals surface area contributed by atoms with Crippen molar-refractivity contribution in [1.29, 1.82) is 0 Å². The van der Waals surface area contributed by atoms with E-state index in [9.17, 15) is 13.2 Å². The van der Waals surface area contributed by atoms with Gasteiger partial charge in [0.25, 0.3) is 0 Å². The second-order valence-electron chi connectivity index (χ2n) is 6.55. The molecule has 5 nitrogen and oxygen atoms in total. The van der Waals surface area contributed by atoms with Gasteiger partial charge in [-0.1, -0.05) is 49.4 Å². The maximum absolute atomic E-state index is 12.3. The van der Waals surface area contributed by atoms with Crippen LogP contribution < -0.4 is 10.1 Å². The highest BCUT2D eigenvalue weighted by atomic mass is 32.2. The molecule has 29 heavy (non-hydrogen) atoms. The molecule has 1 N–H and O–H groups in total. The second kappa shape index (κ2) is 8.92. The summed E-state index contributed by atoms with van der Waals surface area (Å²) < 4.78 is 29.1. The zero-order chi connectivity index (χ0) is 20.9. The van der Waals surface area contributed by atoms with E-state index in [1.165, 1.54) is 0 Å². The lowest BCUT2D eigenvalue weighted by molar-refractivity contribution is -0.115. The van der Waals surface area contributed by atoms with E-state index >= 15 is 0 Å². The Labute approximate surface area is 171 Å². The van der Waals surface area contributed by atoms with Crippen LogP contribution in [0.5, 0.6) is 5.75 Å². The third kappa shape index (κ3) is 5.03. The van der Waals surface area contributed by atoms with Gasteiger partial charge in [-0.2, -0.15) is 0 Å². The fourth-order valence-corrected chi connectivity index (χ4v) is 3.87. The molecule has 150 valence electrons. The number of hydrogen-bond acceptors (Lipinski definition) is 4. The summed E-state index contributed by atoms with van der Waals surface area (Å²) >= 11 is 0. The Hall–Kier alpha value is -3.12. The summed E-state index contributed by atoms with van der Waals surface area (Å²) in [6.45, 7) is 1.61. The number of para-hydroxylation sites is 1. The first-order valence-corrected chi connectivity index (χ1v) is 10.9. The largest absolute Gasteiger partial charge is 0.496 e. The van der Waals surface area contributed by atoms with Crippen LogP contribution in [0.4, 0.5) is 5.69 Å². The van der Waals surface area contributed by atoms with Gasteiger partial charge >= 0.3 is 0 Å². The summed E-state index contributed by atoms with van der Waals surface area (Å²) in [7, 11) is -1.60. The Morgan fingerprint density at radius 2 is 1.59 bits per heavy atom. The first kappa shape index (κ1) is 20.6. The molecule has 0 aliphatic heterocycles. The van der Waals surface area contributed by atoms with Gasteiger partial charge < -0.3 is 10.1 Å². The minimum Gasteiger partial charge on any atom is -0.496 e. The molecule has 3 rings (SSSR count). The number of nitrogens with one attached hydrogen (secondary N) is 1. The predicted octanol–water partition coefficient (Wildman–Crippen LogP) is 4.34. The van der Waals surface area contributed by atoms with Crippen LogP contribution in [-0.4, -0.2) is 27.2 Å². The topological polar surface area (TPSA) is 72.5 Å². The van der Waals surface area contributed by atoms with E-state index in [-0.39, 0.29) is 23.0 Å². The lowest BCUT2D eigenvalue weighted by Crippen LogP contribution is -2.14. The smallest absolute Gasteiger partial charge is 0.228 e. The van der Waals surface area contributed by atoms with Crippen LogP contribution in [0, 0.1) is 0 Å². The number of amides is 1. The van der Waals surface area contributed by atoms with Crippen molar-refractivity contribution >= 4 is 21.4 Å². The minimum atomic E-state index is -3.23. The molecule has 0 bridgehead atoms. The summed E-state index contributed by atoms with van der Waals surface area (Å²) in [5.74, 6) is 0.677. The fourth-order valence-electron chi connectivity index (χ4n) is 2.99. The third-order valence-corrected chi connectivity index (χ3v) is 6.36. The Kier molecular flexibility index (Phi) is 6.34. The van der Waals surface area contributed by atoms with Crippen molar-refractivity contribution in [2.24, 2.45) is 0 Å². The zero-order valence-electron chi connectivity index (χ0n) is 16.4. The SMILES string of the molecule is CCS(=O)(=O)c1ccc(CC(=O)Nc2ccc(-c3ccccc3OC)cc2)cc1. The van der Waals surface area contributed by atoms with Crippen molar-refractivity contribution in [2.45, 2.75) is 18.2 Å². The van der Waals surface area contributed by atoms with Gasteiger partial charge in [0.1, 0.15) is 5.75 Å². The van der Waals surface area contributed by atoms with Crippen molar-refractivity contribution in [3.63, 3.8) is 0 Å². The average molecular weight is 410 g/mol. The lowest BCUT2D eigenvalue weighted by atomic mass is 10.0. The third-order valence-electron chi connectivity index (χ3n) is 4.61. The summed E-state index contributed by atoms with van der Waals surface area (Å²) in [5.41, 5.74) is 3.42. The van der Waals surface area contributed by atoms with Crippen LogP contribution in [0.3, 0.4) is 0 Å². The van der Waals surface area contributed by atoms with Gasteiger partial charge in [-0.3, -0.25) is 4.79 Å². The molecule has 3 aromatic rings. The highest BCUT2D eigenvalue weighted by molar-refractivity contribution is 7.91. The van der Waals surface area contributed by atoms with Crippen molar-refractivity contribution < 1.29 is 17.9 Å². The van der Waals surface area contributed by atoms with Crippen molar-refractivity contribution in [3.8, 4) is 16.9 Å². The predicted molar refractivity (Wildman–Crippen MR) is 115 cm³/mol. The monoisotopic (exact) mass is 409 g/mol. The number of carbonyl (C=O) groups excluding carboxylic acids is 1. The second-order valence-corrected chi connectivity index (χ2v) is 8.83. The van der Waals surface area contributed by atoms with Gasteiger partial charge in [0.2, 0.25) is 5.91 Å². The molecule has 0 spiro atoms. The molecule has 0 saturated carbocycles. The van der Waals surface area contributed by atoms with E-state index in [4.69, 9.17) is 4.74 Å². The van der Waals surface area contributed by atoms with E-state index in [1.807, 2.05) is 48.5 Å². The number of hydrogen-bond donors (Lipinski definition) is 1. The maximum atomic E-state index is 12.3. The Morgan fingerprint density at radius 3 is 2.21 bits per heavy atom. The maximum Gasteiger partial charge on any atom is 0.228 e. The lowest BCUT2D eigenvalue weighted by Gasteiger charge is -2.10. The molecule has 0 fully saturated rings. The van der Waals surface area contributed by atoms with Gasteiger partial charge in [-0.25, -0.2) is 8.42 Å². The van der Waals surface area contributed by atoms with Crippen LogP contribution >= 0.6 is 0 Å². The zero-order valence-corrected chi connectivity index (χ0v) is 17.2. The molecule has 0 aromatic heterocycles. The Balaban J connectivity index is 1.65. The number of ether oxygens (including phenoxy) is 1. The van der Waals surface area contributed by atoms with Crippen molar-refractivity contribution in [1.82, 2.24) is 0 Å². The molecule has 0 saturated heterocycles. The molecule has 1 amide bonds. The van der Waals surface area contributed by atoms with E-state index < -0.39 is 9.84 Å². The quantitative estimate of drug-likeness (QED) is 0.630. The van der Waals surface area contributed by atoms with Crippen molar-refractivity contribution in [2.75, 3.05) is 18.2 Å². The number of rotatable bonds is 7. The Bertz CT molecular complexity index is 1090. The van der Waals surface area contributed by atoms with Gasteiger partial charge in [0, 0.05) is 11.3 Å². The fraction of sp³-hybridized carbons (Fsp3) is 0.174. The van der Waals surface area contributed by atoms with E-state index in [1.54, 1.807) is 38.3 Å². The number of methoxy groups -OCH3 is 1. The Morgan fingerprint density at radius 1 is 0.931 bits per heavy atom. The molecular formula is C23H23NO4S. The summed E-state index contributed by atoms with van der Waals surface area (Å²) in [4.78, 5) is 12.6. The van der Waals surface area contributed by atoms with Gasteiger partial charge in [0.05, 0.1) is 24.2 Å². The molecule has 0 unspecified atom stereocenters. The summed E-state index contributed by atoms with van der Waals surface area (Å²) in [5, 5.41) is 2.87. The van der Waals surface area contributed by atoms with Crippen LogP contribution in [0.25, 0.3) is 11.1 Å². The van der Waals surface area contributed by atoms with E-state index in [2.05, 4.69) is 5.32 Å². The highest BCUT2D eigenvalue weighted by Crippen LogP contribution is 2.30. The van der Waals surface area contributed by atoms with Gasteiger partial charge in [0.15, 0.2) is 9.84 Å². The van der Waals surface area contributed by atoms with E-state index in [0.29, 0.717) is 5.69 Å². The molecule has 0 atom stereocenters. The van der Waals surface area contributed by atoms with Crippen LogP contribution in [0.2, 0.25) is 0 Å². The van der Waals surface area contributed by atoms with E-state index in [0.717, 1.165) is 22.4 Å². The number of sulfone groups is 1. The summed E-state index contributed by atoms with van der Waals surface area (Å²) in [6, 6.07) is 21.7. The number of anilines is 1. The van der Waals surface area contributed by atoms with Crippen molar-refractivity contribution in [3.05, 3.63) is 78.4 Å². The van der Waals surface area contributed by atoms with Crippen LogP contribution in [-0.2, 0) is 21.1 Å². The molecular weight excluding hydrogens is 386 g/mol. The molecule has 6 heteroatoms. The average Bonchev–Trinajstić information content (AvgIpc) is 2.74. The van der Waals surface area contributed by atoms with Crippen LogP contribution in [0.15, 0.2) is 77.7 Å². The number of benzene rings is 3. The number of carbonyl (C=O) groups is 1. The molecule has 3 aromatic carbocycles. The first-order chi connectivity index (χ1) is 13.9. The standard InChI is InChI=1S/C23H23NO4S/c1-3-29(26,27)20-14-8-17(9-15-20)16-23(25)24-19-12-10-18(11-13-19)21-6-4-5-7-22(21)28-2/h4-15H,3,16H2,1-2H3,(H,24,25). The molecule has 0 radical (unpaired) electrons. The highest BCUT2D eigenvalue weighted by Gasteiger charge is 2.12. The minimum absolute atomic E-state index is 0.0533. The molecule has 0 aliphatic rings. The van der Waals surface area contributed by atoms with Gasteiger partial charge in [-0.05, 0) is 41.5 Å². The molecule has 0 heterocycles. The first-order valence-electron chi connectivity index (χ1n) is 9.28. The molecule has 0 aliphatic carbocycles. The van der Waals surface area contributed by atoms with Gasteiger partial charge in [-0.15, -0.1) is 0 Å². The van der Waals surface area contributed by atoms with Crippen LogP contribution in [0.1, 0.15) is 12.5 Å². The normalized spacial score (nSPS) is 11.1. The summed E-state index contributed by atoms with van der Waals surface area (Å²) in [6.07, 6.45) is 0.167.